The van der Waals surface area contributed by atoms with E-state index in [4.69, 9.17) is 4.98 Å². The molecule has 0 unspecified atom stereocenters. The molecule has 39 heavy (non-hydrogen) atoms. The number of carbonyl (C=O) groups is 1. The number of pyridine rings is 3. The lowest BCUT2D eigenvalue weighted by Crippen LogP contribution is -2.24. The van der Waals surface area contributed by atoms with Gasteiger partial charge in [-0.15, -0.1) is 11.3 Å². The summed E-state index contributed by atoms with van der Waals surface area (Å²) < 4.78 is 18.8. The minimum absolute atomic E-state index is 0.0319. The van der Waals surface area contributed by atoms with Crippen LogP contribution in [0.5, 0.6) is 0 Å². The van der Waals surface area contributed by atoms with E-state index in [1.54, 1.807) is 41.6 Å². The highest BCUT2D eigenvalue weighted by atomic mass is 32.1. The number of fused-ring (bicyclic) bond motifs is 9. The van der Waals surface area contributed by atoms with Crippen LogP contribution < -0.4 is 0 Å². The number of halogens is 1. The highest BCUT2D eigenvalue weighted by Crippen LogP contribution is 2.35. The van der Waals surface area contributed by atoms with Gasteiger partial charge in [-0.05, 0) is 31.0 Å². The molecule has 5 aromatic heterocycles. The summed E-state index contributed by atoms with van der Waals surface area (Å²) in [5.74, 6) is -0.568. The van der Waals surface area contributed by atoms with Crippen molar-refractivity contribution in [1.82, 2.24) is 39.7 Å². The van der Waals surface area contributed by atoms with Gasteiger partial charge in [-0.25, -0.2) is 14.4 Å². The number of aromatic nitrogens is 8. The van der Waals surface area contributed by atoms with Gasteiger partial charge >= 0.3 is 0 Å². The lowest BCUT2D eigenvalue weighted by atomic mass is 9.88. The van der Waals surface area contributed by atoms with E-state index >= 15 is 4.39 Å². The van der Waals surface area contributed by atoms with Gasteiger partial charge in [0.05, 0.1) is 35.2 Å². The smallest absolute Gasteiger partial charge is 0.235 e. The van der Waals surface area contributed by atoms with Crippen LogP contribution in [0.15, 0.2) is 49.2 Å². The largest absolute Gasteiger partial charge is 0.298 e. The molecular formula is C28H21FN8OS. The molecule has 1 saturated carbocycles. The number of hydrogen-bond donors (Lipinski definition) is 2. The van der Waals surface area contributed by atoms with Crippen molar-refractivity contribution in [2.75, 3.05) is 0 Å². The zero-order valence-electron chi connectivity index (χ0n) is 20.6. The van der Waals surface area contributed by atoms with Crippen LogP contribution in [0, 0.1) is 11.7 Å². The molecule has 2 aliphatic heterocycles. The fourth-order valence-electron chi connectivity index (χ4n) is 5.73. The van der Waals surface area contributed by atoms with Crippen molar-refractivity contribution in [1.29, 1.82) is 0 Å². The number of thiophene rings is 1. The Labute approximate surface area is 223 Å². The quantitative estimate of drug-likeness (QED) is 0.246. The Balaban J connectivity index is 1.57. The summed E-state index contributed by atoms with van der Waals surface area (Å²) in [6.45, 7) is 0. The van der Waals surface area contributed by atoms with Crippen molar-refractivity contribution in [2.24, 2.45) is 5.92 Å². The summed E-state index contributed by atoms with van der Waals surface area (Å²) in [6, 6.07) is 5.72. The predicted octanol–water partition coefficient (Wildman–Crippen LogP) is 6.54. The Morgan fingerprint density at radius 2 is 1.85 bits per heavy atom. The fourth-order valence-corrected chi connectivity index (χ4v) is 6.78. The van der Waals surface area contributed by atoms with Crippen molar-refractivity contribution >= 4 is 70.8 Å². The normalized spacial score (nSPS) is 14.8. The Bertz CT molecular complexity index is 2110. The summed E-state index contributed by atoms with van der Waals surface area (Å²) in [5, 5.41) is 7.29. The first-order valence-corrected chi connectivity index (χ1v) is 13.7. The number of nitrogens with one attached hydrogen (secondary N) is 2. The van der Waals surface area contributed by atoms with Gasteiger partial charge in [-0.3, -0.25) is 34.5 Å². The van der Waals surface area contributed by atoms with Crippen LogP contribution >= 0.6 is 11.3 Å². The first kappa shape index (κ1) is 22.5. The molecule has 5 aromatic rings. The third-order valence-corrected chi connectivity index (χ3v) is 8.77. The van der Waals surface area contributed by atoms with Gasteiger partial charge in [0.2, 0.25) is 5.91 Å². The minimum atomic E-state index is -0.524. The Morgan fingerprint density at radius 1 is 0.974 bits per heavy atom. The molecule has 7 heterocycles. The van der Waals surface area contributed by atoms with Crippen LogP contribution in [-0.4, -0.2) is 45.6 Å². The highest BCUT2D eigenvalue weighted by molar-refractivity contribution is 7.24. The van der Waals surface area contributed by atoms with Crippen LogP contribution in [0.3, 0.4) is 0 Å². The van der Waals surface area contributed by atoms with Gasteiger partial charge in [0, 0.05) is 33.8 Å². The zero-order valence-corrected chi connectivity index (χ0v) is 21.4. The van der Waals surface area contributed by atoms with Crippen LogP contribution in [0.1, 0.15) is 36.9 Å². The number of hydrogen-bond acceptors (Lipinski definition) is 7. The summed E-state index contributed by atoms with van der Waals surface area (Å²) in [7, 11) is 0. The highest BCUT2D eigenvalue weighted by Gasteiger charge is 2.25. The topological polar surface area (TPSA) is 118 Å². The van der Waals surface area contributed by atoms with Crippen molar-refractivity contribution in [3.8, 4) is 11.3 Å². The van der Waals surface area contributed by atoms with Gasteiger partial charge < -0.3 is 0 Å². The molecule has 0 spiro atoms. The van der Waals surface area contributed by atoms with E-state index in [0.717, 1.165) is 47.0 Å². The maximum absolute atomic E-state index is 16.2. The van der Waals surface area contributed by atoms with Gasteiger partial charge in [-0.1, -0.05) is 19.3 Å². The molecule has 2 N–H and O–H groups in total. The van der Waals surface area contributed by atoms with Gasteiger partial charge in [0.1, 0.15) is 27.1 Å². The number of aromatic amines is 2. The Hall–Kier alpha value is -4.51. The summed E-state index contributed by atoms with van der Waals surface area (Å²) in [4.78, 5) is 37.5. The second kappa shape index (κ2) is 8.50. The molecule has 0 aromatic carbocycles. The monoisotopic (exact) mass is 536 g/mol. The SMILES string of the molecule is O=C(C1CCCCC1)n1c2cncc(c2)c2ncc3[nH][nH]c(c4nc5cncc(c6ccc1s6)c5n4)-c3c2F. The molecule has 0 amide bonds. The van der Waals surface area contributed by atoms with E-state index in [1.165, 1.54) is 11.3 Å². The third-order valence-electron chi connectivity index (χ3n) is 7.67. The lowest BCUT2D eigenvalue weighted by molar-refractivity contribution is 0.0812. The van der Waals surface area contributed by atoms with E-state index in [-0.39, 0.29) is 17.3 Å². The fraction of sp³-hybridized carbons (Fsp3) is 0.214. The predicted molar refractivity (Wildman–Crippen MR) is 149 cm³/mol. The summed E-state index contributed by atoms with van der Waals surface area (Å²) in [6.07, 6.45) is 13.1. The third kappa shape index (κ3) is 3.42. The average molecular weight is 537 g/mol. The molecule has 192 valence electrons. The molecule has 3 aliphatic rings. The Morgan fingerprint density at radius 3 is 2.74 bits per heavy atom. The summed E-state index contributed by atoms with van der Waals surface area (Å²) in [5.41, 5.74) is 3.56. The molecule has 0 atom stereocenters. The average Bonchev–Trinajstić information content (AvgIpc) is 3.72. The van der Waals surface area contributed by atoms with E-state index in [2.05, 4.69) is 30.1 Å². The molecule has 0 radical (unpaired) electrons. The lowest BCUT2D eigenvalue weighted by Gasteiger charge is -2.21. The molecule has 9 nitrogen and oxygen atoms in total. The minimum Gasteiger partial charge on any atom is -0.298 e. The number of imidazole rings is 1. The molecule has 1 aliphatic carbocycles. The maximum atomic E-state index is 16.2. The van der Waals surface area contributed by atoms with Gasteiger partial charge in [0.25, 0.3) is 0 Å². The van der Waals surface area contributed by atoms with Crippen molar-refractivity contribution in [3.63, 3.8) is 0 Å². The molecule has 0 saturated heterocycles. The Kier molecular flexibility index (Phi) is 4.90. The van der Waals surface area contributed by atoms with Gasteiger partial charge in [0.15, 0.2) is 11.5 Å². The molecule has 1 fully saturated rings. The molecule has 8 bridgehead atoms. The number of nitrogens with zero attached hydrogens (tertiary/aromatic N) is 6. The zero-order chi connectivity index (χ0) is 26.1. The van der Waals surface area contributed by atoms with Crippen LogP contribution in [-0.2, 0) is 0 Å². The number of carbonyl (C=O) groups excluding carboxylic acids is 1. The van der Waals surface area contributed by atoms with E-state index in [9.17, 15) is 4.79 Å². The molecular weight excluding hydrogens is 515 g/mol. The molecule has 8 rings (SSSR count). The van der Waals surface area contributed by atoms with Crippen LogP contribution in [0.4, 0.5) is 4.39 Å². The van der Waals surface area contributed by atoms with E-state index in [1.807, 2.05) is 12.1 Å². The van der Waals surface area contributed by atoms with Crippen LogP contribution in [0.2, 0.25) is 0 Å². The second-order valence-electron chi connectivity index (χ2n) is 10.0. The van der Waals surface area contributed by atoms with Crippen molar-refractivity contribution < 1.29 is 9.18 Å². The van der Waals surface area contributed by atoms with E-state index < -0.39 is 5.82 Å². The van der Waals surface area contributed by atoms with Crippen LogP contribution in [0.25, 0.3) is 64.8 Å². The summed E-state index contributed by atoms with van der Waals surface area (Å²) >= 11 is 1.49. The first-order chi connectivity index (χ1) is 19.2. The van der Waals surface area contributed by atoms with E-state index in [0.29, 0.717) is 44.4 Å². The second-order valence-corrected chi connectivity index (χ2v) is 11.1. The first-order valence-electron chi connectivity index (χ1n) is 12.9. The van der Waals surface area contributed by atoms with Crippen molar-refractivity contribution in [3.05, 3.63) is 55.0 Å². The maximum Gasteiger partial charge on any atom is 0.235 e. The number of H-pyrrole nitrogens is 2. The van der Waals surface area contributed by atoms with Crippen molar-refractivity contribution in [2.45, 2.75) is 32.1 Å². The molecule has 11 heteroatoms. The standard InChI is InChI=1S/C28H21FN8OS/c29-23-22-18-13-32-24(23)15-8-16(10-30-9-15)37(28(38)14-4-2-1-3-5-14)21-7-6-20(39-21)17-11-31-12-19-25(17)34-27(33-19)26(22)36-35-18/h6-14,35-36H,1-5H2. The van der Waals surface area contributed by atoms with Gasteiger partial charge in [-0.2, -0.15) is 0 Å². The number of rotatable bonds is 1.